The van der Waals surface area contributed by atoms with Crippen LogP contribution in [-0.4, -0.2) is 29.3 Å². The number of benzene rings is 2. The highest BCUT2D eigenvalue weighted by atomic mass is 16.2. The lowest BCUT2D eigenvalue weighted by Crippen LogP contribution is -2.47. The Kier molecular flexibility index (Phi) is 7.39. The van der Waals surface area contributed by atoms with Gasteiger partial charge in [0, 0.05) is 19.5 Å². The molecule has 2 rings (SSSR count). The van der Waals surface area contributed by atoms with Gasteiger partial charge in [0.1, 0.15) is 6.04 Å². The molecule has 138 valence electrons. The minimum atomic E-state index is -0.502. The summed E-state index contributed by atoms with van der Waals surface area (Å²) in [6.45, 7) is 6.70. The highest BCUT2D eigenvalue weighted by Gasteiger charge is 2.25. The van der Waals surface area contributed by atoms with Gasteiger partial charge in [-0.3, -0.25) is 9.59 Å². The lowest BCUT2D eigenvalue weighted by Gasteiger charge is -2.29. The van der Waals surface area contributed by atoms with Crippen LogP contribution in [0.2, 0.25) is 0 Å². The van der Waals surface area contributed by atoms with Crippen LogP contribution in [0.4, 0.5) is 0 Å². The van der Waals surface area contributed by atoms with Crippen molar-refractivity contribution in [2.45, 2.75) is 46.2 Å². The van der Waals surface area contributed by atoms with E-state index >= 15 is 0 Å². The summed E-state index contributed by atoms with van der Waals surface area (Å²) in [7, 11) is 0. The number of nitrogens with one attached hydrogen (secondary N) is 1. The quantitative estimate of drug-likeness (QED) is 0.791. The zero-order chi connectivity index (χ0) is 18.9. The third-order valence-corrected chi connectivity index (χ3v) is 4.59. The van der Waals surface area contributed by atoms with Gasteiger partial charge >= 0.3 is 0 Å². The predicted octanol–water partition coefficient (Wildman–Crippen LogP) is 3.48. The van der Waals surface area contributed by atoms with Crippen LogP contribution in [0.25, 0.3) is 0 Å². The largest absolute Gasteiger partial charge is 0.355 e. The third-order valence-electron chi connectivity index (χ3n) is 4.59. The lowest BCUT2D eigenvalue weighted by molar-refractivity contribution is -0.140. The van der Waals surface area contributed by atoms with E-state index < -0.39 is 6.04 Å². The van der Waals surface area contributed by atoms with E-state index in [-0.39, 0.29) is 11.8 Å². The monoisotopic (exact) mass is 352 g/mol. The molecule has 0 fully saturated rings. The van der Waals surface area contributed by atoms with Gasteiger partial charge in [-0.05, 0) is 43.9 Å². The standard InChI is InChI=1S/C22H28N2O2/c1-4-23-22(26)18(3)24(16-20-13-9-8-10-17(20)2)21(25)15-14-19-11-6-5-7-12-19/h5-13,18H,4,14-16H2,1-3H3,(H,23,26)/t18-/m0/s1. The Bertz CT molecular complexity index is 728. The van der Waals surface area contributed by atoms with E-state index in [2.05, 4.69) is 5.32 Å². The number of carbonyl (C=O) groups excluding carboxylic acids is 2. The van der Waals surface area contributed by atoms with Gasteiger partial charge in [0.15, 0.2) is 0 Å². The fraction of sp³-hybridized carbons (Fsp3) is 0.364. The molecule has 0 aromatic heterocycles. The summed E-state index contributed by atoms with van der Waals surface area (Å²) in [5.74, 6) is -0.120. The summed E-state index contributed by atoms with van der Waals surface area (Å²) in [6.07, 6.45) is 1.06. The first-order chi connectivity index (χ1) is 12.5. The Morgan fingerprint density at radius 3 is 2.35 bits per heavy atom. The Labute approximate surface area is 156 Å². The number of aryl methyl sites for hydroxylation is 2. The second kappa shape index (κ2) is 9.76. The van der Waals surface area contributed by atoms with Gasteiger partial charge in [0.05, 0.1) is 0 Å². The zero-order valence-electron chi connectivity index (χ0n) is 15.9. The normalized spacial score (nSPS) is 11.7. The smallest absolute Gasteiger partial charge is 0.242 e. The van der Waals surface area contributed by atoms with E-state index in [4.69, 9.17) is 0 Å². The molecule has 0 aliphatic rings. The van der Waals surface area contributed by atoms with E-state index in [1.54, 1.807) is 11.8 Å². The molecule has 1 atom stereocenters. The molecule has 0 spiro atoms. The molecule has 0 bridgehead atoms. The highest BCUT2D eigenvalue weighted by Crippen LogP contribution is 2.15. The first kappa shape index (κ1) is 19.7. The summed E-state index contributed by atoms with van der Waals surface area (Å²) in [6, 6.07) is 17.4. The van der Waals surface area contributed by atoms with Gasteiger partial charge in [0.25, 0.3) is 0 Å². The maximum absolute atomic E-state index is 12.9. The van der Waals surface area contributed by atoms with Gasteiger partial charge in [-0.1, -0.05) is 54.6 Å². The molecular formula is C22H28N2O2. The molecule has 2 aromatic rings. The van der Waals surface area contributed by atoms with Gasteiger partial charge < -0.3 is 10.2 Å². The van der Waals surface area contributed by atoms with Crippen LogP contribution in [-0.2, 0) is 22.6 Å². The van der Waals surface area contributed by atoms with Crippen molar-refractivity contribution in [3.05, 3.63) is 71.3 Å². The minimum Gasteiger partial charge on any atom is -0.355 e. The Morgan fingerprint density at radius 1 is 1.04 bits per heavy atom. The van der Waals surface area contributed by atoms with Crippen LogP contribution >= 0.6 is 0 Å². The average molecular weight is 352 g/mol. The first-order valence-electron chi connectivity index (χ1n) is 9.18. The van der Waals surface area contributed by atoms with Crippen LogP contribution in [0, 0.1) is 6.92 Å². The van der Waals surface area contributed by atoms with Crippen molar-refractivity contribution in [2.75, 3.05) is 6.54 Å². The van der Waals surface area contributed by atoms with E-state index in [9.17, 15) is 9.59 Å². The third kappa shape index (κ3) is 5.45. The van der Waals surface area contributed by atoms with E-state index in [0.717, 1.165) is 16.7 Å². The number of rotatable bonds is 8. The molecule has 4 nitrogen and oxygen atoms in total. The van der Waals surface area contributed by atoms with Gasteiger partial charge in [-0.25, -0.2) is 0 Å². The molecule has 0 radical (unpaired) electrons. The number of carbonyl (C=O) groups is 2. The van der Waals surface area contributed by atoms with Crippen LogP contribution in [0.1, 0.15) is 37.0 Å². The van der Waals surface area contributed by atoms with Gasteiger partial charge in [-0.2, -0.15) is 0 Å². The number of amides is 2. The average Bonchev–Trinajstić information content (AvgIpc) is 2.66. The fourth-order valence-corrected chi connectivity index (χ4v) is 2.92. The molecule has 0 aliphatic heterocycles. The maximum Gasteiger partial charge on any atom is 0.242 e. The Hall–Kier alpha value is -2.62. The predicted molar refractivity (Wildman–Crippen MR) is 105 cm³/mol. The topological polar surface area (TPSA) is 49.4 Å². The molecule has 4 heteroatoms. The molecule has 2 aromatic carbocycles. The van der Waals surface area contributed by atoms with Crippen LogP contribution < -0.4 is 5.32 Å². The molecule has 26 heavy (non-hydrogen) atoms. The highest BCUT2D eigenvalue weighted by molar-refractivity contribution is 5.87. The van der Waals surface area contributed by atoms with Crippen molar-refractivity contribution in [1.29, 1.82) is 0 Å². The van der Waals surface area contributed by atoms with Gasteiger partial charge in [-0.15, -0.1) is 0 Å². The lowest BCUT2D eigenvalue weighted by atomic mass is 10.1. The number of likely N-dealkylation sites (N-methyl/N-ethyl adjacent to an activating group) is 1. The second-order valence-corrected chi connectivity index (χ2v) is 6.50. The minimum absolute atomic E-state index is 0.00383. The first-order valence-corrected chi connectivity index (χ1v) is 9.18. The summed E-state index contributed by atoms with van der Waals surface area (Å²) < 4.78 is 0. The molecule has 0 aliphatic carbocycles. The van der Waals surface area contributed by atoms with Gasteiger partial charge in [0.2, 0.25) is 11.8 Å². The zero-order valence-corrected chi connectivity index (χ0v) is 15.9. The molecular weight excluding hydrogens is 324 g/mol. The summed E-state index contributed by atoms with van der Waals surface area (Å²) in [4.78, 5) is 27.0. The van der Waals surface area contributed by atoms with E-state index in [1.165, 1.54) is 0 Å². The van der Waals surface area contributed by atoms with Crippen molar-refractivity contribution in [3.8, 4) is 0 Å². The Morgan fingerprint density at radius 2 is 1.69 bits per heavy atom. The number of nitrogens with zero attached hydrogens (tertiary/aromatic N) is 1. The summed E-state index contributed by atoms with van der Waals surface area (Å²) >= 11 is 0. The van der Waals surface area contributed by atoms with Crippen LogP contribution in [0.15, 0.2) is 54.6 Å². The second-order valence-electron chi connectivity index (χ2n) is 6.50. The maximum atomic E-state index is 12.9. The molecule has 0 saturated carbocycles. The SMILES string of the molecule is CCNC(=O)[C@H](C)N(Cc1ccccc1C)C(=O)CCc1ccccc1. The van der Waals surface area contributed by atoms with E-state index in [0.29, 0.717) is 25.9 Å². The Balaban J connectivity index is 2.14. The molecule has 0 unspecified atom stereocenters. The molecule has 0 heterocycles. The van der Waals surface area contributed by atoms with Crippen LogP contribution in [0.3, 0.4) is 0 Å². The van der Waals surface area contributed by atoms with Crippen molar-refractivity contribution in [2.24, 2.45) is 0 Å². The van der Waals surface area contributed by atoms with Crippen molar-refractivity contribution in [3.63, 3.8) is 0 Å². The number of hydrogen-bond donors (Lipinski definition) is 1. The summed E-state index contributed by atoms with van der Waals surface area (Å²) in [5, 5.41) is 2.82. The molecule has 0 saturated heterocycles. The molecule has 1 N–H and O–H groups in total. The number of hydrogen-bond acceptors (Lipinski definition) is 2. The molecule has 2 amide bonds. The van der Waals surface area contributed by atoms with E-state index in [1.807, 2.05) is 68.4 Å². The van der Waals surface area contributed by atoms with Crippen LogP contribution in [0.5, 0.6) is 0 Å². The van der Waals surface area contributed by atoms with Crippen molar-refractivity contribution < 1.29 is 9.59 Å². The summed E-state index contributed by atoms with van der Waals surface area (Å²) in [5.41, 5.74) is 3.32. The van der Waals surface area contributed by atoms with Crippen molar-refractivity contribution in [1.82, 2.24) is 10.2 Å². The van der Waals surface area contributed by atoms with Crippen molar-refractivity contribution >= 4 is 11.8 Å². The fourth-order valence-electron chi connectivity index (χ4n) is 2.92.